The Balaban J connectivity index is 2.33. The summed E-state index contributed by atoms with van der Waals surface area (Å²) in [4.78, 5) is 22.4. The molecule has 2 aromatic rings. The number of benzene rings is 2. The molecule has 0 bridgehead atoms. The lowest BCUT2D eigenvalue weighted by atomic mass is 10.1. The zero-order valence-electron chi connectivity index (χ0n) is 10.9. The zero-order valence-corrected chi connectivity index (χ0v) is 12.5. The highest BCUT2D eigenvalue weighted by molar-refractivity contribution is 9.10. The van der Waals surface area contributed by atoms with Crippen LogP contribution in [0, 0.1) is 22.9 Å². The Morgan fingerprint density at radius 1 is 1.29 bits per heavy atom. The van der Waals surface area contributed by atoms with Crippen molar-refractivity contribution in [3.05, 3.63) is 67.9 Å². The Bertz CT molecular complexity index is 734. The van der Waals surface area contributed by atoms with Gasteiger partial charge in [-0.1, -0.05) is 6.07 Å². The number of rotatable bonds is 3. The van der Waals surface area contributed by atoms with Gasteiger partial charge in [0.2, 0.25) is 0 Å². The second kappa shape index (κ2) is 6.01. The van der Waals surface area contributed by atoms with Gasteiger partial charge in [-0.05, 0) is 52.7 Å². The summed E-state index contributed by atoms with van der Waals surface area (Å²) in [7, 11) is 0. The average molecular weight is 353 g/mol. The van der Waals surface area contributed by atoms with Gasteiger partial charge in [-0.15, -0.1) is 0 Å². The van der Waals surface area contributed by atoms with Gasteiger partial charge < -0.3 is 5.32 Å². The van der Waals surface area contributed by atoms with E-state index in [9.17, 15) is 19.3 Å². The van der Waals surface area contributed by atoms with Gasteiger partial charge in [-0.3, -0.25) is 14.9 Å². The standard InChI is InChI=1S/C14H10BrFN2O3/c1-8-2-5-13(18(20)21)12(6-8)17-14(19)9-3-4-10(15)11(16)7-9/h2-7H,1H3,(H,17,19). The second-order valence-electron chi connectivity index (χ2n) is 4.36. The van der Waals surface area contributed by atoms with Crippen molar-refractivity contribution in [1.29, 1.82) is 0 Å². The fraction of sp³-hybridized carbons (Fsp3) is 0.0714. The Kier molecular flexibility index (Phi) is 4.32. The lowest BCUT2D eigenvalue weighted by Crippen LogP contribution is -2.13. The average Bonchev–Trinajstić information content (AvgIpc) is 2.41. The summed E-state index contributed by atoms with van der Waals surface area (Å²) in [5.74, 6) is -1.20. The predicted octanol–water partition coefficient (Wildman–Crippen LogP) is 4.06. The molecule has 108 valence electrons. The topological polar surface area (TPSA) is 72.2 Å². The van der Waals surface area contributed by atoms with Gasteiger partial charge >= 0.3 is 0 Å². The molecular formula is C14H10BrFN2O3. The van der Waals surface area contributed by atoms with E-state index in [1.54, 1.807) is 13.0 Å². The molecule has 0 saturated heterocycles. The number of halogens is 2. The molecule has 2 aromatic carbocycles. The molecule has 0 aromatic heterocycles. The number of carbonyl (C=O) groups excluding carboxylic acids is 1. The largest absolute Gasteiger partial charge is 0.316 e. The number of nitro groups is 1. The molecule has 0 atom stereocenters. The molecule has 1 N–H and O–H groups in total. The lowest BCUT2D eigenvalue weighted by Gasteiger charge is -2.07. The number of amides is 1. The third-order valence-electron chi connectivity index (χ3n) is 2.78. The first-order valence-corrected chi connectivity index (χ1v) is 6.69. The van der Waals surface area contributed by atoms with Crippen LogP contribution >= 0.6 is 15.9 Å². The van der Waals surface area contributed by atoms with E-state index in [-0.39, 0.29) is 21.4 Å². The smallest absolute Gasteiger partial charge is 0.292 e. The number of hydrogen-bond donors (Lipinski definition) is 1. The summed E-state index contributed by atoms with van der Waals surface area (Å²) < 4.78 is 13.7. The van der Waals surface area contributed by atoms with Crippen LogP contribution in [0.3, 0.4) is 0 Å². The van der Waals surface area contributed by atoms with Crippen molar-refractivity contribution in [2.45, 2.75) is 6.92 Å². The third-order valence-corrected chi connectivity index (χ3v) is 3.42. The van der Waals surface area contributed by atoms with E-state index in [2.05, 4.69) is 21.2 Å². The van der Waals surface area contributed by atoms with Gasteiger partial charge in [-0.2, -0.15) is 0 Å². The molecule has 0 spiro atoms. The molecule has 21 heavy (non-hydrogen) atoms. The minimum absolute atomic E-state index is 0.0755. The highest BCUT2D eigenvalue weighted by Crippen LogP contribution is 2.26. The van der Waals surface area contributed by atoms with Gasteiger partial charge in [-0.25, -0.2) is 4.39 Å². The van der Waals surface area contributed by atoms with Crippen LogP contribution < -0.4 is 5.32 Å². The maximum atomic E-state index is 13.4. The SMILES string of the molecule is Cc1ccc([N+](=O)[O-])c(NC(=O)c2ccc(Br)c(F)c2)c1. The van der Waals surface area contributed by atoms with Gasteiger partial charge in [0, 0.05) is 11.6 Å². The van der Waals surface area contributed by atoms with Gasteiger partial charge in [0.1, 0.15) is 11.5 Å². The molecule has 0 heterocycles. The fourth-order valence-corrected chi connectivity index (χ4v) is 1.99. The molecule has 1 amide bonds. The van der Waals surface area contributed by atoms with E-state index in [0.29, 0.717) is 0 Å². The van der Waals surface area contributed by atoms with E-state index < -0.39 is 16.6 Å². The van der Waals surface area contributed by atoms with Gasteiger partial charge in [0.15, 0.2) is 0 Å². The van der Waals surface area contributed by atoms with Crippen LogP contribution in [0.1, 0.15) is 15.9 Å². The number of nitrogens with zero attached hydrogens (tertiary/aromatic N) is 1. The number of nitro benzene ring substituents is 1. The van der Waals surface area contributed by atoms with Crippen LogP contribution in [0.2, 0.25) is 0 Å². The van der Waals surface area contributed by atoms with Crippen LogP contribution in [0.5, 0.6) is 0 Å². The zero-order chi connectivity index (χ0) is 15.6. The van der Waals surface area contributed by atoms with Gasteiger partial charge in [0.25, 0.3) is 11.6 Å². The van der Waals surface area contributed by atoms with Crippen LogP contribution in [0.15, 0.2) is 40.9 Å². The molecular weight excluding hydrogens is 343 g/mol. The summed E-state index contributed by atoms with van der Waals surface area (Å²) in [5, 5.41) is 13.4. The highest BCUT2D eigenvalue weighted by Gasteiger charge is 2.17. The molecule has 0 aliphatic carbocycles. The van der Waals surface area contributed by atoms with Crippen molar-refractivity contribution in [2.75, 3.05) is 5.32 Å². The van der Waals surface area contributed by atoms with Crippen molar-refractivity contribution >= 4 is 33.2 Å². The van der Waals surface area contributed by atoms with Crippen molar-refractivity contribution in [1.82, 2.24) is 0 Å². The summed E-state index contributed by atoms with van der Waals surface area (Å²) in [6.07, 6.45) is 0. The Morgan fingerprint density at radius 3 is 2.62 bits per heavy atom. The molecule has 0 unspecified atom stereocenters. The molecule has 0 aliphatic rings. The first-order valence-electron chi connectivity index (χ1n) is 5.90. The predicted molar refractivity (Wildman–Crippen MR) is 79.9 cm³/mol. The Labute approximate surface area is 128 Å². The maximum Gasteiger partial charge on any atom is 0.292 e. The number of nitrogens with one attached hydrogen (secondary N) is 1. The van der Waals surface area contributed by atoms with E-state index in [0.717, 1.165) is 11.6 Å². The van der Waals surface area contributed by atoms with Crippen molar-refractivity contribution in [3.8, 4) is 0 Å². The van der Waals surface area contributed by atoms with Crippen molar-refractivity contribution < 1.29 is 14.1 Å². The molecule has 0 saturated carbocycles. The number of hydrogen-bond acceptors (Lipinski definition) is 3. The molecule has 5 nitrogen and oxygen atoms in total. The van der Waals surface area contributed by atoms with E-state index >= 15 is 0 Å². The minimum Gasteiger partial charge on any atom is -0.316 e. The summed E-state index contributed by atoms with van der Waals surface area (Å²) in [5.41, 5.74) is 0.698. The van der Waals surface area contributed by atoms with E-state index in [4.69, 9.17) is 0 Å². The number of carbonyl (C=O) groups is 1. The first-order chi connectivity index (χ1) is 9.88. The van der Waals surface area contributed by atoms with Crippen LogP contribution in [-0.2, 0) is 0 Å². The fourth-order valence-electron chi connectivity index (χ4n) is 1.74. The van der Waals surface area contributed by atoms with Gasteiger partial charge in [0.05, 0.1) is 9.40 Å². The van der Waals surface area contributed by atoms with E-state index in [1.807, 2.05) is 0 Å². The third kappa shape index (κ3) is 3.43. The molecule has 0 fully saturated rings. The van der Waals surface area contributed by atoms with Crippen LogP contribution in [0.4, 0.5) is 15.8 Å². The molecule has 7 heteroatoms. The van der Waals surface area contributed by atoms with Crippen LogP contribution in [-0.4, -0.2) is 10.8 Å². The van der Waals surface area contributed by atoms with Crippen molar-refractivity contribution in [3.63, 3.8) is 0 Å². The van der Waals surface area contributed by atoms with E-state index in [1.165, 1.54) is 24.3 Å². The number of aryl methyl sites for hydroxylation is 1. The Morgan fingerprint density at radius 2 is 2.00 bits per heavy atom. The van der Waals surface area contributed by atoms with Crippen molar-refractivity contribution in [2.24, 2.45) is 0 Å². The quantitative estimate of drug-likeness (QED) is 0.668. The second-order valence-corrected chi connectivity index (χ2v) is 5.22. The normalized spacial score (nSPS) is 10.2. The summed E-state index contributed by atoms with van der Waals surface area (Å²) in [6.45, 7) is 1.75. The Hall–Kier alpha value is -2.28. The summed E-state index contributed by atoms with van der Waals surface area (Å²) in [6, 6.07) is 8.26. The number of anilines is 1. The summed E-state index contributed by atoms with van der Waals surface area (Å²) >= 11 is 2.99. The van der Waals surface area contributed by atoms with Crippen LogP contribution in [0.25, 0.3) is 0 Å². The monoisotopic (exact) mass is 352 g/mol. The highest BCUT2D eigenvalue weighted by atomic mass is 79.9. The molecule has 0 aliphatic heterocycles. The minimum atomic E-state index is -0.616. The lowest BCUT2D eigenvalue weighted by molar-refractivity contribution is -0.383. The molecule has 2 rings (SSSR count). The first kappa shape index (κ1) is 15.1. The maximum absolute atomic E-state index is 13.4. The molecule has 0 radical (unpaired) electrons.